The molecule has 2 aromatic heterocycles. The maximum absolute atomic E-state index is 12.4. The molecule has 0 saturated carbocycles. The van der Waals surface area contributed by atoms with Crippen LogP contribution in [0.2, 0.25) is 0 Å². The second kappa shape index (κ2) is 6.35. The van der Waals surface area contributed by atoms with Gasteiger partial charge in [-0.2, -0.15) is 5.10 Å². The zero-order valence-electron chi connectivity index (χ0n) is 12.6. The quantitative estimate of drug-likeness (QED) is 0.619. The van der Waals surface area contributed by atoms with Crippen LogP contribution in [0.4, 0.5) is 5.82 Å². The topological polar surface area (TPSA) is 67.2 Å². The summed E-state index contributed by atoms with van der Waals surface area (Å²) in [4.78, 5) is 25.2. The number of rotatable bonds is 3. The Morgan fingerprint density at radius 2 is 1.95 bits per heavy atom. The van der Waals surface area contributed by atoms with Gasteiger partial charge in [-0.3, -0.25) is 9.48 Å². The molecule has 0 aromatic carbocycles. The first-order valence-electron chi connectivity index (χ1n) is 7.08. The molecule has 8 heteroatoms. The molecule has 0 N–H and O–H groups in total. The van der Waals surface area contributed by atoms with E-state index in [1.807, 2.05) is 17.2 Å². The fourth-order valence-electron chi connectivity index (χ4n) is 2.49. The van der Waals surface area contributed by atoms with Crippen LogP contribution in [0.5, 0.6) is 0 Å². The van der Waals surface area contributed by atoms with Gasteiger partial charge in [0.05, 0.1) is 0 Å². The summed E-state index contributed by atoms with van der Waals surface area (Å²) in [7, 11) is 1.79. The standard InChI is InChI=1S/C14H18N6OS/c1-18-11(3-6-16-18)13(21)20-9-7-19(8-10-20)12-4-5-15-14(17-12)22-2/h3-6H,7-10H2,1-2H3. The van der Waals surface area contributed by atoms with E-state index < -0.39 is 0 Å². The van der Waals surface area contributed by atoms with Gasteiger partial charge in [-0.05, 0) is 18.4 Å². The number of hydrogen-bond donors (Lipinski definition) is 0. The first kappa shape index (κ1) is 14.8. The predicted octanol–water partition coefficient (Wildman–Crippen LogP) is 0.894. The summed E-state index contributed by atoms with van der Waals surface area (Å²) in [6, 6.07) is 3.67. The molecular weight excluding hydrogens is 300 g/mol. The fraction of sp³-hybridized carbons (Fsp3) is 0.429. The summed E-state index contributed by atoms with van der Waals surface area (Å²) >= 11 is 1.53. The zero-order chi connectivity index (χ0) is 15.5. The lowest BCUT2D eigenvalue weighted by Gasteiger charge is -2.35. The molecule has 0 aliphatic carbocycles. The van der Waals surface area contributed by atoms with Gasteiger partial charge < -0.3 is 9.80 Å². The number of anilines is 1. The molecule has 22 heavy (non-hydrogen) atoms. The van der Waals surface area contributed by atoms with Gasteiger partial charge in [-0.15, -0.1) is 0 Å². The largest absolute Gasteiger partial charge is 0.353 e. The summed E-state index contributed by atoms with van der Waals surface area (Å²) in [5.74, 6) is 0.958. The summed E-state index contributed by atoms with van der Waals surface area (Å²) in [6.07, 6.45) is 5.39. The number of carbonyl (C=O) groups is 1. The Labute approximate surface area is 133 Å². The first-order valence-corrected chi connectivity index (χ1v) is 8.31. The van der Waals surface area contributed by atoms with Crippen LogP contribution in [-0.2, 0) is 7.05 Å². The summed E-state index contributed by atoms with van der Waals surface area (Å²) in [5.41, 5.74) is 0.625. The number of piperazine rings is 1. The van der Waals surface area contributed by atoms with Gasteiger partial charge in [-0.25, -0.2) is 9.97 Å². The molecule has 7 nitrogen and oxygen atoms in total. The van der Waals surface area contributed by atoms with Gasteiger partial charge in [0.1, 0.15) is 11.5 Å². The van der Waals surface area contributed by atoms with E-state index in [4.69, 9.17) is 0 Å². The minimum Gasteiger partial charge on any atom is -0.353 e. The second-order valence-electron chi connectivity index (χ2n) is 5.02. The van der Waals surface area contributed by atoms with E-state index in [2.05, 4.69) is 20.0 Å². The van der Waals surface area contributed by atoms with E-state index in [1.54, 1.807) is 30.2 Å². The third-order valence-corrected chi connectivity index (χ3v) is 4.29. The second-order valence-corrected chi connectivity index (χ2v) is 5.79. The Morgan fingerprint density at radius 3 is 2.59 bits per heavy atom. The molecule has 0 unspecified atom stereocenters. The zero-order valence-corrected chi connectivity index (χ0v) is 13.5. The summed E-state index contributed by atoms with van der Waals surface area (Å²) in [6.45, 7) is 2.91. The number of amides is 1. The van der Waals surface area contributed by atoms with E-state index >= 15 is 0 Å². The van der Waals surface area contributed by atoms with Crippen molar-refractivity contribution in [1.82, 2.24) is 24.6 Å². The van der Waals surface area contributed by atoms with Crippen molar-refractivity contribution in [3.63, 3.8) is 0 Å². The monoisotopic (exact) mass is 318 g/mol. The summed E-state index contributed by atoms with van der Waals surface area (Å²) < 4.78 is 1.61. The van der Waals surface area contributed by atoms with Gasteiger partial charge in [-0.1, -0.05) is 11.8 Å². The lowest BCUT2D eigenvalue weighted by molar-refractivity contribution is 0.0735. The fourth-order valence-corrected chi connectivity index (χ4v) is 2.84. The normalized spacial score (nSPS) is 15.2. The van der Waals surface area contributed by atoms with Crippen molar-refractivity contribution in [3.05, 3.63) is 30.2 Å². The molecule has 1 aliphatic heterocycles. The van der Waals surface area contributed by atoms with Crippen molar-refractivity contribution in [3.8, 4) is 0 Å². The van der Waals surface area contributed by atoms with Crippen LogP contribution in [0.1, 0.15) is 10.5 Å². The lowest BCUT2D eigenvalue weighted by atomic mass is 10.2. The molecule has 0 bridgehead atoms. The molecule has 0 radical (unpaired) electrons. The smallest absolute Gasteiger partial charge is 0.272 e. The third kappa shape index (κ3) is 2.92. The molecule has 1 aliphatic rings. The van der Waals surface area contributed by atoms with Crippen LogP contribution in [0, 0.1) is 0 Å². The van der Waals surface area contributed by atoms with E-state index in [0.29, 0.717) is 18.8 Å². The van der Waals surface area contributed by atoms with Crippen molar-refractivity contribution in [2.45, 2.75) is 5.16 Å². The van der Waals surface area contributed by atoms with E-state index in [0.717, 1.165) is 24.1 Å². The molecule has 3 heterocycles. The highest BCUT2D eigenvalue weighted by Gasteiger charge is 2.24. The molecule has 1 amide bonds. The predicted molar refractivity (Wildman–Crippen MR) is 85.1 cm³/mol. The maximum atomic E-state index is 12.4. The molecular formula is C14H18N6OS. The molecule has 0 spiro atoms. The minimum absolute atomic E-state index is 0.0344. The lowest BCUT2D eigenvalue weighted by Crippen LogP contribution is -2.49. The van der Waals surface area contributed by atoms with Gasteiger partial charge in [0, 0.05) is 45.6 Å². The highest BCUT2D eigenvalue weighted by molar-refractivity contribution is 7.98. The number of aryl methyl sites for hydroxylation is 1. The molecule has 1 saturated heterocycles. The SMILES string of the molecule is CSc1nccc(N2CCN(C(=O)c3ccnn3C)CC2)n1. The number of aromatic nitrogens is 4. The van der Waals surface area contributed by atoms with Gasteiger partial charge in [0.25, 0.3) is 5.91 Å². The average Bonchev–Trinajstić information content (AvgIpc) is 3.00. The Bertz CT molecular complexity index is 665. The molecule has 3 rings (SSSR count). The van der Waals surface area contributed by atoms with Crippen LogP contribution in [0.3, 0.4) is 0 Å². The highest BCUT2D eigenvalue weighted by atomic mass is 32.2. The third-order valence-electron chi connectivity index (χ3n) is 3.73. The number of hydrogen-bond acceptors (Lipinski definition) is 6. The molecule has 1 fully saturated rings. The maximum Gasteiger partial charge on any atom is 0.272 e. The highest BCUT2D eigenvalue weighted by Crippen LogP contribution is 2.17. The van der Waals surface area contributed by atoms with Crippen LogP contribution in [0.25, 0.3) is 0 Å². The minimum atomic E-state index is 0.0344. The molecule has 0 atom stereocenters. The van der Waals surface area contributed by atoms with Crippen molar-refractivity contribution in [2.75, 3.05) is 37.3 Å². The Balaban J connectivity index is 1.65. The van der Waals surface area contributed by atoms with E-state index in [-0.39, 0.29) is 5.91 Å². The van der Waals surface area contributed by atoms with Gasteiger partial charge >= 0.3 is 0 Å². The Morgan fingerprint density at radius 1 is 1.18 bits per heavy atom. The van der Waals surface area contributed by atoms with Crippen LogP contribution in [-0.4, -0.2) is 63.0 Å². The van der Waals surface area contributed by atoms with Crippen LogP contribution >= 0.6 is 11.8 Å². The van der Waals surface area contributed by atoms with Crippen molar-refractivity contribution < 1.29 is 4.79 Å². The molecule has 2 aromatic rings. The van der Waals surface area contributed by atoms with E-state index in [1.165, 1.54) is 11.8 Å². The number of carbonyl (C=O) groups excluding carboxylic acids is 1. The van der Waals surface area contributed by atoms with Gasteiger partial charge in [0.2, 0.25) is 0 Å². The number of thioether (sulfide) groups is 1. The van der Waals surface area contributed by atoms with Crippen molar-refractivity contribution in [2.24, 2.45) is 7.05 Å². The number of nitrogens with zero attached hydrogens (tertiary/aromatic N) is 6. The first-order chi connectivity index (χ1) is 10.7. The summed E-state index contributed by atoms with van der Waals surface area (Å²) in [5, 5.41) is 4.82. The average molecular weight is 318 g/mol. The van der Waals surface area contributed by atoms with Crippen LogP contribution in [0.15, 0.2) is 29.7 Å². The van der Waals surface area contributed by atoms with Crippen molar-refractivity contribution >= 4 is 23.5 Å². The van der Waals surface area contributed by atoms with Gasteiger partial charge in [0.15, 0.2) is 5.16 Å². The van der Waals surface area contributed by atoms with Crippen molar-refractivity contribution in [1.29, 1.82) is 0 Å². The molecule has 116 valence electrons. The van der Waals surface area contributed by atoms with Crippen LogP contribution < -0.4 is 4.90 Å². The van der Waals surface area contributed by atoms with E-state index in [9.17, 15) is 4.79 Å². The Hall–Kier alpha value is -2.09. The Kier molecular flexibility index (Phi) is 4.28.